The van der Waals surface area contributed by atoms with Crippen molar-refractivity contribution in [3.05, 3.63) is 0 Å². The predicted molar refractivity (Wildman–Crippen MR) is 41.2 cm³/mol. The van der Waals surface area contributed by atoms with Crippen LogP contribution in [0.3, 0.4) is 0 Å². The van der Waals surface area contributed by atoms with Crippen molar-refractivity contribution in [1.82, 2.24) is 5.32 Å². The first-order valence-corrected chi connectivity index (χ1v) is 3.92. The van der Waals surface area contributed by atoms with Crippen LogP contribution in [0.1, 0.15) is 32.1 Å². The highest BCUT2D eigenvalue weighted by molar-refractivity contribution is 5.65. The number of carboxylic acid groups (broad SMARTS) is 1. The van der Waals surface area contributed by atoms with E-state index in [0.717, 1.165) is 25.7 Å². The maximum Gasteiger partial charge on any atom is 0.406 e. The Hall–Kier alpha value is -0.770. The van der Waals surface area contributed by atoms with Crippen LogP contribution >= 0.6 is 0 Å². The van der Waals surface area contributed by atoms with E-state index < -0.39 is 11.8 Å². The van der Waals surface area contributed by atoms with Crippen LogP contribution < -0.4 is 11.1 Å². The molecular formula is C7H14N2O2. The van der Waals surface area contributed by atoms with E-state index in [4.69, 9.17) is 10.8 Å². The van der Waals surface area contributed by atoms with E-state index in [1.165, 1.54) is 6.42 Å². The first kappa shape index (κ1) is 8.33. The zero-order valence-electron chi connectivity index (χ0n) is 6.47. The van der Waals surface area contributed by atoms with Crippen LogP contribution in [0.5, 0.6) is 0 Å². The summed E-state index contributed by atoms with van der Waals surface area (Å²) in [6, 6.07) is 0. The fourth-order valence-electron chi connectivity index (χ4n) is 1.52. The Bertz CT molecular complexity index is 153. The van der Waals surface area contributed by atoms with E-state index >= 15 is 0 Å². The molecule has 11 heavy (non-hydrogen) atoms. The van der Waals surface area contributed by atoms with Gasteiger partial charge in [-0.1, -0.05) is 6.42 Å². The van der Waals surface area contributed by atoms with Gasteiger partial charge in [0, 0.05) is 0 Å². The molecule has 0 aromatic rings. The van der Waals surface area contributed by atoms with Crippen LogP contribution in [0.15, 0.2) is 0 Å². The van der Waals surface area contributed by atoms with E-state index in [0.29, 0.717) is 0 Å². The quantitative estimate of drug-likeness (QED) is 0.496. The molecule has 0 aliphatic heterocycles. The molecular weight excluding hydrogens is 144 g/mol. The van der Waals surface area contributed by atoms with Gasteiger partial charge in [0.05, 0.1) is 5.66 Å². The van der Waals surface area contributed by atoms with Gasteiger partial charge in [-0.3, -0.25) is 0 Å². The number of nitrogens with two attached hydrogens (primary N) is 1. The lowest BCUT2D eigenvalue weighted by Crippen LogP contribution is -2.56. The van der Waals surface area contributed by atoms with Gasteiger partial charge >= 0.3 is 6.09 Å². The lowest BCUT2D eigenvalue weighted by Gasteiger charge is -2.32. The summed E-state index contributed by atoms with van der Waals surface area (Å²) in [4.78, 5) is 10.3. The molecule has 4 N–H and O–H groups in total. The normalized spacial score (nSPS) is 22.6. The Balaban J connectivity index is 2.43. The van der Waals surface area contributed by atoms with E-state index in [9.17, 15) is 4.79 Å². The van der Waals surface area contributed by atoms with Crippen molar-refractivity contribution >= 4 is 6.09 Å². The third kappa shape index (κ3) is 2.38. The van der Waals surface area contributed by atoms with Gasteiger partial charge in [0.25, 0.3) is 0 Å². The molecule has 1 fully saturated rings. The van der Waals surface area contributed by atoms with Crippen molar-refractivity contribution in [3.63, 3.8) is 0 Å². The summed E-state index contributed by atoms with van der Waals surface area (Å²) >= 11 is 0. The molecule has 1 aliphatic rings. The van der Waals surface area contributed by atoms with Gasteiger partial charge < -0.3 is 16.2 Å². The van der Waals surface area contributed by atoms with E-state index in [1.807, 2.05) is 0 Å². The van der Waals surface area contributed by atoms with Gasteiger partial charge in [0.15, 0.2) is 0 Å². The molecule has 0 heterocycles. The molecule has 0 unspecified atom stereocenters. The molecule has 0 atom stereocenters. The van der Waals surface area contributed by atoms with Crippen LogP contribution in [0.4, 0.5) is 4.79 Å². The van der Waals surface area contributed by atoms with Crippen molar-refractivity contribution in [2.75, 3.05) is 0 Å². The van der Waals surface area contributed by atoms with Crippen LogP contribution in [0, 0.1) is 0 Å². The highest BCUT2D eigenvalue weighted by Crippen LogP contribution is 2.23. The molecule has 1 saturated carbocycles. The Morgan fingerprint density at radius 3 is 2.36 bits per heavy atom. The van der Waals surface area contributed by atoms with Crippen LogP contribution in [0.25, 0.3) is 0 Å². The molecule has 0 aromatic carbocycles. The van der Waals surface area contributed by atoms with Crippen molar-refractivity contribution in [3.8, 4) is 0 Å². The number of hydrogen-bond donors (Lipinski definition) is 3. The number of hydrogen-bond acceptors (Lipinski definition) is 2. The molecule has 4 heteroatoms. The minimum Gasteiger partial charge on any atom is -0.465 e. The molecule has 64 valence electrons. The number of carbonyl (C=O) groups is 1. The summed E-state index contributed by atoms with van der Waals surface area (Å²) in [6.45, 7) is 0. The van der Waals surface area contributed by atoms with Gasteiger partial charge in [-0.05, 0) is 25.7 Å². The van der Waals surface area contributed by atoms with Gasteiger partial charge in [0.1, 0.15) is 0 Å². The van der Waals surface area contributed by atoms with Crippen LogP contribution in [0.2, 0.25) is 0 Å². The largest absolute Gasteiger partial charge is 0.465 e. The van der Waals surface area contributed by atoms with E-state index in [-0.39, 0.29) is 0 Å². The highest BCUT2D eigenvalue weighted by Gasteiger charge is 2.28. The molecule has 1 amide bonds. The summed E-state index contributed by atoms with van der Waals surface area (Å²) in [7, 11) is 0. The molecule has 0 spiro atoms. The van der Waals surface area contributed by atoms with Gasteiger partial charge in [-0.25, -0.2) is 4.79 Å². The van der Waals surface area contributed by atoms with Crippen molar-refractivity contribution in [2.24, 2.45) is 5.73 Å². The molecule has 4 nitrogen and oxygen atoms in total. The zero-order valence-corrected chi connectivity index (χ0v) is 6.47. The smallest absolute Gasteiger partial charge is 0.406 e. The summed E-state index contributed by atoms with van der Waals surface area (Å²) in [6.07, 6.45) is 3.72. The van der Waals surface area contributed by atoms with Gasteiger partial charge in [-0.2, -0.15) is 0 Å². The Kier molecular flexibility index (Phi) is 2.34. The summed E-state index contributed by atoms with van der Waals surface area (Å²) in [5, 5.41) is 10.8. The summed E-state index contributed by atoms with van der Waals surface area (Å²) in [5.74, 6) is 0. The SMILES string of the molecule is NC1(NC(=O)O)CCCCC1. The minimum atomic E-state index is -1.02. The molecule has 0 radical (unpaired) electrons. The fraction of sp³-hybridized carbons (Fsp3) is 0.857. The lowest BCUT2D eigenvalue weighted by atomic mass is 9.90. The second kappa shape index (κ2) is 3.09. The standard InChI is InChI=1S/C7H14N2O2/c8-7(9-6(10)11)4-2-1-3-5-7/h9H,1-5,8H2,(H,10,11). The van der Waals surface area contributed by atoms with Gasteiger partial charge in [-0.15, -0.1) is 0 Å². The Morgan fingerprint density at radius 1 is 1.36 bits per heavy atom. The summed E-state index contributed by atoms with van der Waals surface area (Å²) < 4.78 is 0. The number of amides is 1. The Labute approximate surface area is 65.8 Å². The number of nitrogens with one attached hydrogen (secondary N) is 1. The highest BCUT2D eigenvalue weighted by atomic mass is 16.4. The minimum absolute atomic E-state index is 0.649. The molecule has 0 bridgehead atoms. The van der Waals surface area contributed by atoms with Crippen molar-refractivity contribution < 1.29 is 9.90 Å². The second-order valence-electron chi connectivity index (χ2n) is 3.15. The molecule has 1 rings (SSSR count). The maximum atomic E-state index is 10.3. The lowest BCUT2D eigenvalue weighted by molar-refractivity contribution is 0.164. The van der Waals surface area contributed by atoms with Crippen molar-refractivity contribution in [2.45, 2.75) is 37.8 Å². The average Bonchev–Trinajstić information content (AvgIpc) is 1.85. The molecule has 0 aromatic heterocycles. The first-order valence-electron chi connectivity index (χ1n) is 3.92. The fourth-order valence-corrected chi connectivity index (χ4v) is 1.52. The van der Waals surface area contributed by atoms with Gasteiger partial charge in [0.2, 0.25) is 0 Å². The Morgan fingerprint density at radius 2 is 1.91 bits per heavy atom. The van der Waals surface area contributed by atoms with Crippen molar-refractivity contribution in [1.29, 1.82) is 0 Å². The van der Waals surface area contributed by atoms with E-state index in [2.05, 4.69) is 5.32 Å². The van der Waals surface area contributed by atoms with E-state index in [1.54, 1.807) is 0 Å². The summed E-state index contributed by atoms with van der Waals surface area (Å²) in [5.41, 5.74) is 5.12. The third-order valence-electron chi connectivity index (χ3n) is 2.10. The monoisotopic (exact) mass is 158 g/mol. The van der Waals surface area contributed by atoms with Crippen LogP contribution in [-0.2, 0) is 0 Å². The molecule has 0 saturated heterocycles. The average molecular weight is 158 g/mol. The number of rotatable bonds is 1. The maximum absolute atomic E-state index is 10.3. The third-order valence-corrected chi connectivity index (χ3v) is 2.10. The predicted octanol–water partition coefficient (Wildman–Crippen LogP) is 0.873. The second-order valence-corrected chi connectivity index (χ2v) is 3.15. The van der Waals surface area contributed by atoms with Crippen LogP contribution in [-0.4, -0.2) is 16.9 Å². The zero-order chi connectivity index (χ0) is 8.32. The first-order chi connectivity index (χ1) is 5.12. The molecule has 1 aliphatic carbocycles. The topological polar surface area (TPSA) is 75.3 Å².